The number of nitrogens with zero attached hydrogens (tertiary/aromatic N) is 1. The van der Waals surface area contributed by atoms with Crippen LogP contribution in [0.4, 0.5) is 0 Å². The van der Waals surface area contributed by atoms with Crippen molar-refractivity contribution in [2.75, 3.05) is 13.2 Å². The fourth-order valence-corrected chi connectivity index (χ4v) is 1.52. The third-order valence-corrected chi connectivity index (χ3v) is 2.34. The Hall–Kier alpha value is -0.910. The average Bonchev–Trinajstić information content (AvgIpc) is 2.72. The number of rotatable bonds is 3. The smallest absolute Gasteiger partial charge is 0.120 e. The SMILES string of the molecule is Cc1cnc(CNC2COCC2O)[nH]1. The molecule has 0 radical (unpaired) electrons. The number of aliphatic hydroxyl groups is 1. The number of imidazole rings is 1. The number of hydrogen-bond donors (Lipinski definition) is 3. The van der Waals surface area contributed by atoms with Gasteiger partial charge in [0.25, 0.3) is 0 Å². The Kier molecular flexibility index (Phi) is 2.81. The Labute approximate surface area is 82.5 Å². The van der Waals surface area contributed by atoms with Gasteiger partial charge in [-0.15, -0.1) is 0 Å². The number of aromatic nitrogens is 2. The molecule has 0 aromatic carbocycles. The molecule has 0 spiro atoms. The molecule has 1 aliphatic heterocycles. The van der Waals surface area contributed by atoms with Gasteiger partial charge in [-0.05, 0) is 6.92 Å². The summed E-state index contributed by atoms with van der Waals surface area (Å²) in [6.45, 7) is 3.60. The monoisotopic (exact) mass is 197 g/mol. The molecule has 2 heterocycles. The van der Waals surface area contributed by atoms with Gasteiger partial charge < -0.3 is 20.1 Å². The van der Waals surface area contributed by atoms with E-state index in [4.69, 9.17) is 4.74 Å². The minimum absolute atomic E-state index is 0.0282. The highest BCUT2D eigenvalue weighted by atomic mass is 16.5. The normalized spacial score (nSPS) is 27.0. The summed E-state index contributed by atoms with van der Waals surface area (Å²) in [6.07, 6.45) is 1.39. The lowest BCUT2D eigenvalue weighted by atomic mass is 10.2. The van der Waals surface area contributed by atoms with Gasteiger partial charge in [-0.1, -0.05) is 0 Å². The maximum absolute atomic E-state index is 9.45. The Morgan fingerprint density at radius 2 is 2.57 bits per heavy atom. The van der Waals surface area contributed by atoms with Crippen LogP contribution >= 0.6 is 0 Å². The number of hydrogen-bond acceptors (Lipinski definition) is 4. The summed E-state index contributed by atoms with van der Waals surface area (Å²) in [6, 6.07) is 0.0282. The third-order valence-electron chi connectivity index (χ3n) is 2.34. The van der Waals surface area contributed by atoms with Crippen molar-refractivity contribution in [2.45, 2.75) is 25.6 Å². The van der Waals surface area contributed by atoms with E-state index < -0.39 is 6.10 Å². The van der Waals surface area contributed by atoms with Crippen molar-refractivity contribution in [2.24, 2.45) is 0 Å². The van der Waals surface area contributed by atoms with E-state index in [-0.39, 0.29) is 6.04 Å². The Morgan fingerprint density at radius 1 is 1.71 bits per heavy atom. The fourth-order valence-electron chi connectivity index (χ4n) is 1.52. The minimum atomic E-state index is -0.397. The number of aryl methyl sites for hydroxylation is 1. The molecular formula is C9H15N3O2. The molecule has 1 aromatic rings. The van der Waals surface area contributed by atoms with Crippen LogP contribution in [0.15, 0.2) is 6.20 Å². The Morgan fingerprint density at radius 3 is 3.14 bits per heavy atom. The fraction of sp³-hybridized carbons (Fsp3) is 0.667. The molecule has 5 nitrogen and oxygen atoms in total. The second kappa shape index (κ2) is 4.08. The number of ether oxygens (including phenoxy) is 1. The van der Waals surface area contributed by atoms with Gasteiger partial charge in [0.2, 0.25) is 0 Å². The number of nitrogens with one attached hydrogen (secondary N) is 2. The summed E-state index contributed by atoms with van der Waals surface area (Å²) in [5.74, 6) is 0.890. The number of aromatic amines is 1. The second-order valence-corrected chi connectivity index (χ2v) is 3.61. The molecule has 0 saturated carbocycles. The Bertz CT molecular complexity index is 300. The first-order valence-corrected chi connectivity index (χ1v) is 4.75. The molecule has 2 rings (SSSR count). The van der Waals surface area contributed by atoms with Crippen LogP contribution in [0.25, 0.3) is 0 Å². The molecule has 0 amide bonds. The van der Waals surface area contributed by atoms with E-state index in [1.807, 2.05) is 6.92 Å². The van der Waals surface area contributed by atoms with Crippen molar-refractivity contribution in [1.29, 1.82) is 0 Å². The number of H-pyrrole nitrogens is 1. The van der Waals surface area contributed by atoms with Crippen LogP contribution in [0.3, 0.4) is 0 Å². The van der Waals surface area contributed by atoms with Crippen molar-refractivity contribution < 1.29 is 9.84 Å². The van der Waals surface area contributed by atoms with Crippen LogP contribution in [0, 0.1) is 6.92 Å². The molecule has 1 aliphatic rings. The molecule has 2 atom stereocenters. The molecule has 1 aromatic heterocycles. The van der Waals surface area contributed by atoms with E-state index in [0.717, 1.165) is 11.5 Å². The lowest BCUT2D eigenvalue weighted by Crippen LogP contribution is -2.38. The van der Waals surface area contributed by atoms with E-state index in [1.165, 1.54) is 0 Å². The average molecular weight is 197 g/mol. The molecule has 14 heavy (non-hydrogen) atoms. The van der Waals surface area contributed by atoms with E-state index in [2.05, 4.69) is 15.3 Å². The maximum Gasteiger partial charge on any atom is 0.120 e. The highest BCUT2D eigenvalue weighted by Crippen LogP contribution is 2.05. The third kappa shape index (κ3) is 2.12. The van der Waals surface area contributed by atoms with Gasteiger partial charge in [-0.2, -0.15) is 0 Å². The second-order valence-electron chi connectivity index (χ2n) is 3.61. The first-order chi connectivity index (χ1) is 6.75. The van der Waals surface area contributed by atoms with E-state index in [9.17, 15) is 5.11 Å². The zero-order valence-corrected chi connectivity index (χ0v) is 8.16. The van der Waals surface area contributed by atoms with Crippen molar-refractivity contribution in [1.82, 2.24) is 15.3 Å². The summed E-state index contributed by atoms with van der Waals surface area (Å²) in [5.41, 5.74) is 1.05. The molecule has 1 fully saturated rings. The molecule has 2 unspecified atom stereocenters. The standard InChI is InChI=1S/C9H15N3O2/c1-6-2-11-9(12-6)3-10-7-4-14-5-8(7)13/h2,7-8,10,13H,3-5H2,1H3,(H,11,12). The lowest BCUT2D eigenvalue weighted by molar-refractivity contribution is 0.122. The van der Waals surface area contributed by atoms with Gasteiger partial charge in [0.05, 0.1) is 31.9 Å². The van der Waals surface area contributed by atoms with Gasteiger partial charge in [0.15, 0.2) is 0 Å². The summed E-state index contributed by atoms with van der Waals surface area (Å²) in [7, 11) is 0. The Balaban J connectivity index is 1.82. The van der Waals surface area contributed by atoms with E-state index >= 15 is 0 Å². The molecule has 3 N–H and O–H groups in total. The maximum atomic E-state index is 9.45. The topological polar surface area (TPSA) is 70.2 Å². The number of aliphatic hydroxyl groups excluding tert-OH is 1. The van der Waals surface area contributed by atoms with Crippen LogP contribution < -0.4 is 5.32 Å². The van der Waals surface area contributed by atoms with Crippen molar-refractivity contribution in [3.8, 4) is 0 Å². The summed E-state index contributed by atoms with van der Waals surface area (Å²) in [5, 5.41) is 12.6. The van der Waals surface area contributed by atoms with Gasteiger partial charge in [-0.3, -0.25) is 0 Å². The van der Waals surface area contributed by atoms with Crippen LogP contribution in [-0.4, -0.2) is 40.4 Å². The predicted octanol–water partition coefficient (Wildman–Crippen LogP) is -0.433. The highest BCUT2D eigenvalue weighted by molar-refractivity contribution is 4.98. The van der Waals surface area contributed by atoms with Crippen LogP contribution in [0.5, 0.6) is 0 Å². The lowest BCUT2D eigenvalue weighted by Gasteiger charge is -2.12. The van der Waals surface area contributed by atoms with Crippen LogP contribution in [0.2, 0.25) is 0 Å². The van der Waals surface area contributed by atoms with Crippen molar-refractivity contribution in [3.63, 3.8) is 0 Å². The largest absolute Gasteiger partial charge is 0.389 e. The molecule has 0 bridgehead atoms. The van der Waals surface area contributed by atoms with Gasteiger partial charge in [0.1, 0.15) is 5.82 Å². The van der Waals surface area contributed by atoms with E-state index in [0.29, 0.717) is 19.8 Å². The van der Waals surface area contributed by atoms with Crippen molar-refractivity contribution >= 4 is 0 Å². The van der Waals surface area contributed by atoms with Gasteiger partial charge in [0, 0.05) is 11.9 Å². The molecule has 78 valence electrons. The first kappa shape index (κ1) is 9.64. The summed E-state index contributed by atoms with van der Waals surface area (Å²) < 4.78 is 5.12. The van der Waals surface area contributed by atoms with Gasteiger partial charge in [-0.25, -0.2) is 4.98 Å². The highest BCUT2D eigenvalue weighted by Gasteiger charge is 2.25. The van der Waals surface area contributed by atoms with Crippen LogP contribution in [0.1, 0.15) is 11.5 Å². The zero-order chi connectivity index (χ0) is 9.97. The van der Waals surface area contributed by atoms with E-state index in [1.54, 1.807) is 6.20 Å². The zero-order valence-electron chi connectivity index (χ0n) is 8.16. The summed E-state index contributed by atoms with van der Waals surface area (Å²) in [4.78, 5) is 7.28. The van der Waals surface area contributed by atoms with Crippen LogP contribution in [-0.2, 0) is 11.3 Å². The molecule has 0 aliphatic carbocycles. The molecule has 5 heteroatoms. The summed E-state index contributed by atoms with van der Waals surface area (Å²) >= 11 is 0. The first-order valence-electron chi connectivity index (χ1n) is 4.75. The van der Waals surface area contributed by atoms with Crippen molar-refractivity contribution in [3.05, 3.63) is 17.7 Å². The quantitative estimate of drug-likeness (QED) is 0.615. The molecular weight excluding hydrogens is 182 g/mol. The predicted molar refractivity (Wildman–Crippen MR) is 50.8 cm³/mol. The van der Waals surface area contributed by atoms with Gasteiger partial charge >= 0.3 is 0 Å². The minimum Gasteiger partial charge on any atom is -0.389 e. The molecule has 1 saturated heterocycles.